The van der Waals surface area contributed by atoms with E-state index in [1.807, 2.05) is 18.3 Å². The van der Waals surface area contributed by atoms with Crippen molar-refractivity contribution in [2.75, 3.05) is 13.1 Å². The highest BCUT2D eigenvalue weighted by Crippen LogP contribution is 2.21. The first-order valence-electron chi connectivity index (χ1n) is 9.26. The van der Waals surface area contributed by atoms with E-state index in [9.17, 15) is 4.79 Å². The van der Waals surface area contributed by atoms with E-state index in [0.717, 1.165) is 45.3 Å². The van der Waals surface area contributed by atoms with Crippen LogP contribution < -0.4 is 5.32 Å². The molecule has 1 aromatic heterocycles. The van der Waals surface area contributed by atoms with Crippen molar-refractivity contribution >= 4 is 5.91 Å². The molecule has 0 aliphatic carbocycles. The number of carbonyl (C=O) groups excluding carboxylic acids is 1. The van der Waals surface area contributed by atoms with Gasteiger partial charge in [0.2, 0.25) is 5.91 Å². The number of pyridine rings is 1. The summed E-state index contributed by atoms with van der Waals surface area (Å²) >= 11 is 0. The first kappa shape index (κ1) is 17.6. The zero-order valence-electron chi connectivity index (χ0n) is 14.7. The Kier molecular flexibility index (Phi) is 6.57. The third kappa shape index (κ3) is 5.40. The maximum atomic E-state index is 12.2. The quantitative estimate of drug-likeness (QED) is 0.715. The monoisotopic (exact) mass is 337 g/mol. The molecule has 1 aromatic carbocycles. The molecule has 0 saturated carbocycles. The SMILES string of the molecule is O=C1CCC(CCNCc2cccnc2)N1CCCc1ccccc1. The van der Waals surface area contributed by atoms with E-state index in [2.05, 4.69) is 45.5 Å². The minimum Gasteiger partial charge on any atom is -0.340 e. The second-order valence-electron chi connectivity index (χ2n) is 6.70. The molecule has 1 amide bonds. The van der Waals surface area contributed by atoms with Crippen LogP contribution in [-0.4, -0.2) is 34.9 Å². The van der Waals surface area contributed by atoms with E-state index >= 15 is 0 Å². The Balaban J connectivity index is 1.39. The van der Waals surface area contributed by atoms with Gasteiger partial charge in [-0.25, -0.2) is 0 Å². The Morgan fingerprint density at radius 3 is 2.76 bits per heavy atom. The van der Waals surface area contributed by atoms with Crippen LogP contribution in [0.2, 0.25) is 0 Å². The molecule has 1 unspecified atom stereocenters. The minimum absolute atomic E-state index is 0.324. The maximum absolute atomic E-state index is 12.2. The second-order valence-corrected chi connectivity index (χ2v) is 6.70. The number of likely N-dealkylation sites (tertiary alicyclic amines) is 1. The van der Waals surface area contributed by atoms with Gasteiger partial charge in [0, 0.05) is 37.9 Å². The van der Waals surface area contributed by atoms with Crippen molar-refractivity contribution in [2.45, 2.75) is 44.7 Å². The van der Waals surface area contributed by atoms with E-state index in [1.54, 1.807) is 6.20 Å². The zero-order chi connectivity index (χ0) is 17.3. The van der Waals surface area contributed by atoms with Crippen LogP contribution in [0.3, 0.4) is 0 Å². The van der Waals surface area contributed by atoms with E-state index in [0.29, 0.717) is 18.4 Å². The average molecular weight is 337 g/mol. The number of hydrogen-bond acceptors (Lipinski definition) is 3. The van der Waals surface area contributed by atoms with Crippen LogP contribution >= 0.6 is 0 Å². The molecule has 1 fully saturated rings. The number of amides is 1. The summed E-state index contributed by atoms with van der Waals surface area (Å²) in [6.45, 7) is 2.64. The maximum Gasteiger partial charge on any atom is 0.222 e. The first-order valence-corrected chi connectivity index (χ1v) is 9.26. The molecule has 1 atom stereocenters. The average Bonchev–Trinajstić information content (AvgIpc) is 3.01. The highest BCUT2D eigenvalue weighted by atomic mass is 16.2. The molecule has 25 heavy (non-hydrogen) atoms. The number of aromatic nitrogens is 1. The topological polar surface area (TPSA) is 45.2 Å². The van der Waals surface area contributed by atoms with Crippen LogP contribution in [0, 0.1) is 0 Å². The Morgan fingerprint density at radius 1 is 1.12 bits per heavy atom. The molecular weight excluding hydrogens is 310 g/mol. The van der Waals surface area contributed by atoms with Gasteiger partial charge in [0.25, 0.3) is 0 Å². The lowest BCUT2D eigenvalue weighted by Crippen LogP contribution is -2.36. The van der Waals surface area contributed by atoms with Gasteiger partial charge in [-0.15, -0.1) is 0 Å². The third-order valence-electron chi connectivity index (χ3n) is 4.87. The molecule has 1 saturated heterocycles. The normalized spacial score (nSPS) is 17.2. The van der Waals surface area contributed by atoms with Crippen LogP contribution in [0.15, 0.2) is 54.9 Å². The molecule has 1 aliphatic rings. The Morgan fingerprint density at radius 2 is 1.96 bits per heavy atom. The van der Waals surface area contributed by atoms with Gasteiger partial charge in [0.15, 0.2) is 0 Å². The number of hydrogen-bond donors (Lipinski definition) is 1. The fourth-order valence-electron chi connectivity index (χ4n) is 3.50. The van der Waals surface area contributed by atoms with Gasteiger partial charge in [-0.3, -0.25) is 9.78 Å². The number of nitrogens with zero attached hydrogens (tertiary/aromatic N) is 2. The lowest BCUT2D eigenvalue weighted by molar-refractivity contribution is -0.129. The molecule has 132 valence electrons. The van der Waals surface area contributed by atoms with Gasteiger partial charge in [-0.05, 0) is 49.4 Å². The van der Waals surface area contributed by atoms with Gasteiger partial charge >= 0.3 is 0 Å². The first-order chi connectivity index (χ1) is 12.3. The number of nitrogens with one attached hydrogen (secondary N) is 1. The largest absolute Gasteiger partial charge is 0.340 e. The minimum atomic E-state index is 0.324. The van der Waals surface area contributed by atoms with Gasteiger partial charge in [-0.1, -0.05) is 36.4 Å². The molecule has 0 radical (unpaired) electrons. The van der Waals surface area contributed by atoms with Crippen molar-refractivity contribution in [3.63, 3.8) is 0 Å². The summed E-state index contributed by atoms with van der Waals surface area (Å²) in [6.07, 6.45) is 8.49. The summed E-state index contributed by atoms with van der Waals surface area (Å²) in [5, 5.41) is 3.47. The lowest BCUT2D eigenvalue weighted by Gasteiger charge is -2.25. The highest BCUT2D eigenvalue weighted by Gasteiger charge is 2.29. The van der Waals surface area contributed by atoms with Crippen LogP contribution in [0.25, 0.3) is 0 Å². The van der Waals surface area contributed by atoms with Crippen molar-refractivity contribution in [3.05, 3.63) is 66.0 Å². The molecular formula is C21H27N3O. The predicted octanol–water partition coefficient (Wildman–Crippen LogP) is 3.19. The van der Waals surface area contributed by atoms with Crippen molar-refractivity contribution in [1.29, 1.82) is 0 Å². The van der Waals surface area contributed by atoms with Crippen LogP contribution in [0.5, 0.6) is 0 Å². The van der Waals surface area contributed by atoms with Crippen molar-refractivity contribution in [2.24, 2.45) is 0 Å². The van der Waals surface area contributed by atoms with E-state index < -0.39 is 0 Å². The predicted molar refractivity (Wildman–Crippen MR) is 100 cm³/mol. The molecule has 3 rings (SSSR count). The van der Waals surface area contributed by atoms with E-state index in [1.165, 1.54) is 11.1 Å². The molecule has 1 aliphatic heterocycles. The molecule has 1 N–H and O–H groups in total. The molecule has 4 nitrogen and oxygen atoms in total. The Bertz CT molecular complexity index is 645. The Labute approximate surface area is 150 Å². The number of benzene rings is 1. The zero-order valence-corrected chi connectivity index (χ0v) is 14.7. The van der Waals surface area contributed by atoms with Gasteiger partial charge < -0.3 is 10.2 Å². The summed E-state index contributed by atoms with van der Waals surface area (Å²) in [7, 11) is 0. The third-order valence-corrected chi connectivity index (χ3v) is 4.87. The molecule has 2 aromatic rings. The standard InChI is InChI=1S/C21H27N3O/c25-21-11-10-20(12-14-23-17-19-8-4-13-22-16-19)24(21)15-5-9-18-6-2-1-3-7-18/h1-4,6-8,13,16,20,23H,5,9-12,14-15,17H2. The molecule has 0 spiro atoms. The Hall–Kier alpha value is -2.20. The van der Waals surface area contributed by atoms with Crippen molar-refractivity contribution in [1.82, 2.24) is 15.2 Å². The molecule has 0 bridgehead atoms. The summed E-state index contributed by atoms with van der Waals surface area (Å²) in [5.74, 6) is 0.324. The smallest absolute Gasteiger partial charge is 0.222 e. The van der Waals surface area contributed by atoms with E-state index in [-0.39, 0.29) is 0 Å². The van der Waals surface area contributed by atoms with Crippen LogP contribution in [-0.2, 0) is 17.8 Å². The van der Waals surface area contributed by atoms with Gasteiger partial charge in [-0.2, -0.15) is 0 Å². The number of aryl methyl sites for hydroxylation is 1. The van der Waals surface area contributed by atoms with Crippen LogP contribution in [0.4, 0.5) is 0 Å². The lowest BCUT2D eigenvalue weighted by atomic mass is 10.1. The fraction of sp³-hybridized carbons (Fsp3) is 0.429. The number of rotatable bonds is 9. The highest BCUT2D eigenvalue weighted by molar-refractivity contribution is 5.78. The molecule has 4 heteroatoms. The van der Waals surface area contributed by atoms with E-state index in [4.69, 9.17) is 0 Å². The second kappa shape index (κ2) is 9.33. The van der Waals surface area contributed by atoms with Crippen LogP contribution in [0.1, 0.15) is 36.8 Å². The fourth-order valence-corrected chi connectivity index (χ4v) is 3.50. The van der Waals surface area contributed by atoms with Crippen molar-refractivity contribution < 1.29 is 4.79 Å². The van der Waals surface area contributed by atoms with Gasteiger partial charge in [0.1, 0.15) is 0 Å². The summed E-state index contributed by atoms with van der Waals surface area (Å²) < 4.78 is 0. The number of carbonyl (C=O) groups is 1. The summed E-state index contributed by atoms with van der Waals surface area (Å²) in [6, 6.07) is 14.9. The van der Waals surface area contributed by atoms with Gasteiger partial charge in [0.05, 0.1) is 0 Å². The summed E-state index contributed by atoms with van der Waals surface area (Å²) in [5.41, 5.74) is 2.55. The molecule has 2 heterocycles. The van der Waals surface area contributed by atoms with Crippen molar-refractivity contribution in [3.8, 4) is 0 Å². The summed E-state index contributed by atoms with van der Waals surface area (Å²) in [4.78, 5) is 18.4.